The summed E-state index contributed by atoms with van der Waals surface area (Å²) in [6, 6.07) is 5.96. The predicted molar refractivity (Wildman–Crippen MR) is 53.3 cm³/mol. The third-order valence-corrected chi connectivity index (χ3v) is 2.85. The van der Waals surface area contributed by atoms with Crippen molar-refractivity contribution in [2.45, 2.75) is 20.3 Å². The van der Waals surface area contributed by atoms with Crippen molar-refractivity contribution in [3.05, 3.63) is 33.8 Å². The Hall–Kier alpha value is -0.630. The summed E-state index contributed by atoms with van der Waals surface area (Å²) in [6.07, 6.45) is 0.516. The van der Waals surface area contributed by atoms with Crippen LogP contribution in [-0.4, -0.2) is 5.78 Å². The van der Waals surface area contributed by atoms with E-state index in [0.717, 1.165) is 10.0 Å². The molecule has 0 aromatic heterocycles. The Labute approximate surface area is 80.9 Å². The van der Waals surface area contributed by atoms with Gasteiger partial charge in [0, 0.05) is 10.9 Å². The normalized spacial score (nSPS) is 9.92. The summed E-state index contributed by atoms with van der Waals surface area (Å²) < 4.78 is 1.06. The molecule has 0 fully saturated rings. The topological polar surface area (TPSA) is 17.1 Å². The van der Waals surface area contributed by atoms with Crippen LogP contribution in [0.1, 0.15) is 18.1 Å². The predicted octanol–water partition coefficient (Wildman–Crippen LogP) is 2.89. The van der Waals surface area contributed by atoms with Crippen LogP contribution in [0.25, 0.3) is 0 Å². The average Bonchev–Trinajstić information content (AvgIpc) is 1.98. The lowest BCUT2D eigenvalue weighted by atomic mass is 10.1. The van der Waals surface area contributed by atoms with Gasteiger partial charge in [-0.25, -0.2) is 0 Å². The number of hydrogen-bond donors (Lipinski definition) is 0. The molecular formula is C10H11BrO. The van der Waals surface area contributed by atoms with Gasteiger partial charge < -0.3 is 0 Å². The lowest BCUT2D eigenvalue weighted by molar-refractivity contribution is -0.116. The molecule has 0 amide bonds. The van der Waals surface area contributed by atoms with E-state index < -0.39 is 0 Å². The number of carbonyl (C=O) groups is 1. The van der Waals surface area contributed by atoms with Crippen molar-refractivity contribution in [3.63, 3.8) is 0 Å². The highest BCUT2D eigenvalue weighted by Gasteiger charge is 2.03. The molecule has 0 N–H and O–H groups in total. The van der Waals surface area contributed by atoms with Crippen molar-refractivity contribution < 1.29 is 4.79 Å². The summed E-state index contributed by atoms with van der Waals surface area (Å²) in [7, 11) is 0. The molecule has 0 spiro atoms. The summed E-state index contributed by atoms with van der Waals surface area (Å²) in [5, 5.41) is 0. The van der Waals surface area contributed by atoms with Crippen LogP contribution >= 0.6 is 15.9 Å². The Balaban J connectivity index is 3.00. The van der Waals surface area contributed by atoms with Crippen molar-refractivity contribution in [2.75, 3.05) is 0 Å². The van der Waals surface area contributed by atoms with Crippen molar-refractivity contribution in [1.29, 1.82) is 0 Å². The Bertz CT molecular complexity index is 305. The zero-order valence-electron chi connectivity index (χ0n) is 7.23. The van der Waals surface area contributed by atoms with E-state index >= 15 is 0 Å². The number of halogens is 1. The minimum atomic E-state index is 0.196. The molecular weight excluding hydrogens is 216 g/mol. The van der Waals surface area contributed by atoms with E-state index in [1.807, 2.05) is 25.1 Å². The quantitative estimate of drug-likeness (QED) is 0.759. The maximum Gasteiger partial charge on any atom is 0.134 e. The third kappa shape index (κ3) is 2.18. The van der Waals surface area contributed by atoms with Crippen LogP contribution in [-0.2, 0) is 11.2 Å². The van der Waals surface area contributed by atoms with Gasteiger partial charge in [-0.2, -0.15) is 0 Å². The lowest BCUT2D eigenvalue weighted by Crippen LogP contribution is -1.97. The number of aryl methyl sites for hydroxylation is 1. The van der Waals surface area contributed by atoms with Gasteiger partial charge in [0.25, 0.3) is 0 Å². The van der Waals surface area contributed by atoms with Crippen LogP contribution < -0.4 is 0 Å². The Kier molecular flexibility index (Phi) is 3.04. The average molecular weight is 227 g/mol. The van der Waals surface area contributed by atoms with Gasteiger partial charge in [0.15, 0.2) is 0 Å². The Morgan fingerprint density at radius 2 is 2.17 bits per heavy atom. The highest BCUT2D eigenvalue weighted by atomic mass is 79.9. The summed E-state index contributed by atoms with van der Waals surface area (Å²) in [5.41, 5.74) is 2.25. The summed E-state index contributed by atoms with van der Waals surface area (Å²) in [6.45, 7) is 3.63. The van der Waals surface area contributed by atoms with Gasteiger partial charge >= 0.3 is 0 Å². The second-order valence-electron chi connectivity index (χ2n) is 2.93. The lowest BCUT2D eigenvalue weighted by Gasteiger charge is -2.03. The van der Waals surface area contributed by atoms with E-state index in [0.29, 0.717) is 6.42 Å². The van der Waals surface area contributed by atoms with Crippen LogP contribution in [0.2, 0.25) is 0 Å². The van der Waals surface area contributed by atoms with E-state index in [9.17, 15) is 4.79 Å². The fourth-order valence-electron chi connectivity index (χ4n) is 1.11. The number of rotatable bonds is 2. The molecule has 0 saturated heterocycles. The van der Waals surface area contributed by atoms with Crippen LogP contribution in [0, 0.1) is 6.92 Å². The number of Topliss-reactive ketones (excluding diaryl/α,β-unsaturated/α-hetero) is 1. The van der Waals surface area contributed by atoms with Gasteiger partial charge in [-0.05, 0) is 25.0 Å². The number of ketones is 1. The van der Waals surface area contributed by atoms with E-state index in [-0.39, 0.29) is 5.78 Å². The molecule has 0 saturated carbocycles. The molecule has 1 nitrogen and oxygen atoms in total. The standard InChI is InChI=1S/C10H11BrO/c1-7-4-3-5-9(10(7)11)6-8(2)12/h3-5H,6H2,1-2H3. The Morgan fingerprint density at radius 1 is 1.50 bits per heavy atom. The largest absolute Gasteiger partial charge is 0.300 e. The number of benzene rings is 1. The first kappa shape index (κ1) is 9.46. The fraction of sp³-hybridized carbons (Fsp3) is 0.300. The van der Waals surface area contributed by atoms with E-state index in [1.165, 1.54) is 5.56 Å². The van der Waals surface area contributed by atoms with Crippen LogP contribution in [0.3, 0.4) is 0 Å². The molecule has 0 aliphatic carbocycles. The van der Waals surface area contributed by atoms with Crippen LogP contribution in [0.15, 0.2) is 22.7 Å². The zero-order chi connectivity index (χ0) is 9.14. The maximum absolute atomic E-state index is 10.9. The molecule has 0 atom stereocenters. The summed E-state index contributed by atoms with van der Waals surface area (Å²) in [5.74, 6) is 0.196. The fourth-order valence-corrected chi connectivity index (χ4v) is 1.52. The molecule has 2 heteroatoms. The molecule has 0 bridgehead atoms. The summed E-state index contributed by atoms with van der Waals surface area (Å²) >= 11 is 3.46. The van der Waals surface area contributed by atoms with Crippen molar-refractivity contribution >= 4 is 21.7 Å². The van der Waals surface area contributed by atoms with Gasteiger partial charge in [-0.1, -0.05) is 34.1 Å². The number of hydrogen-bond acceptors (Lipinski definition) is 1. The molecule has 0 heterocycles. The van der Waals surface area contributed by atoms with Crippen LogP contribution in [0.5, 0.6) is 0 Å². The maximum atomic E-state index is 10.9. The van der Waals surface area contributed by atoms with Gasteiger partial charge in [-0.3, -0.25) is 4.79 Å². The molecule has 1 rings (SSSR count). The molecule has 12 heavy (non-hydrogen) atoms. The molecule has 1 aromatic rings. The van der Waals surface area contributed by atoms with E-state index in [2.05, 4.69) is 15.9 Å². The molecule has 0 radical (unpaired) electrons. The molecule has 1 aromatic carbocycles. The minimum Gasteiger partial charge on any atom is -0.300 e. The first-order valence-corrected chi connectivity index (χ1v) is 4.64. The first-order valence-electron chi connectivity index (χ1n) is 3.84. The van der Waals surface area contributed by atoms with Crippen molar-refractivity contribution in [1.82, 2.24) is 0 Å². The molecule has 0 aliphatic rings. The van der Waals surface area contributed by atoms with Gasteiger partial charge in [-0.15, -0.1) is 0 Å². The highest BCUT2D eigenvalue weighted by Crippen LogP contribution is 2.21. The van der Waals surface area contributed by atoms with E-state index in [1.54, 1.807) is 6.92 Å². The second-order valence-corrected chi connectivity index (χ2v) is 3.72. The SMILES string of the molecule is CC(=O)Cc1cccc(C)c1Br. The third-order valence-electron chi connectivity index (χ3n) is 1.71. The minimum absolute atomic E-state index is 0.196. The van der Waals surface area contributed by atoms with E-state index in [4.69, 9.17) is 0 Å². The molecule has 64 valence electrons. The number of carbonyl (C=O) groups excluding carboxylic acids is 1. The van der Waals surface area contributed by atoms with Gasteiger partial charge in [0.05, 0.1) is 0 Å². The summed E-state index contributed by atoms with van der Waals surface area (Å²) in [4.78, 5) is 10.9. The first-order chi connectivity index (χ1) is 5.61. The molecule has 0 unspecified atom stereocenters. The highest BCUT2D eigenvalue weighted by molar-refractivity contribution is 9.10. The van der Waals surface area contributed by atoms with Crippen molar-refractivity contribution in [2.24, 2.45) is 0 Å². The van der Waals surface area contributed by atoms with Gasteiger partial charge in [0.2, 0.25) is 0 Å². The van der Waals surface area contributed by atoms with Crippen molar-refractivity contribution in [3.8, 4) is 0 Å². The zero-order valence-corrected chi connectivity index (χ0v) is 8.81. The monoisotopic (exact) mass is 226 g/mol. The van der Waals surface area contributed by atoms with Gasteiger partial charge in [0.1, 0.15) is 5.78 Å². The molecule has 0 aliphatic heterocycles. The van der Waals surface area contributed by atoms with Crippen LogP contribution in [0.4, 0.5) is 0 Å². The second kappa shape index (κ2) is 3.85. The Morgan fingerprint density at radius 3 is 2.75 bits per heavy atom. The smallest absolute Gasteiger partial charge is 0.134 e.